The van der Waals surface area contributed by atoms with Gasteiger partial charge in [0.1, 0.15) is 19.0 Å². The van der Waals surface area contributed by atoms with E-state index >= 15 is 0 Å². The average Bonchev–Trinajstić information content (AvgIpc) is 2.71. The molecule has 0 heterocycles. The highest BCUT2D eigenvalue weighted by molar-refractivity contribution is 7.80. The van der Waals surface area contributed by atoms with Gasteiger partial charge < -0.3 is 24.7 Å². The third-order valence-electron chi connectivity index (χ3n) is 3.44. The molecule has 0 saturated heterocycles. The van der Waals surface area contributed by atoms with E-state index in [0.717, 1.165) is 5.56 Å². The maximum atomic E-state index is 11.5. The van der Waals surface area contributed by atoms with Crippen LogP contribution in [-0.2, 0) is 4.74 Å². The minimum Gasteiger partial charge on any atom is -0.493 e. The van der Waals surface area contributed by atoms with Crippen LogP contribution >= 0.6 is 12.2 Å². The Morgan fingerprint density at radius 3 is 2.64 bits per heavy atom. The molecule has 2 rings (SSSR count). The summed E-state index contributed by atoms with van der Waals surface area (Å²) in [5.74, 6) is 1.25. The van der Waals surface area contributed by atoms with Crippen LogP contribution in [0.5, 0.6) is 17.2 Å². The second-order valence-corrected chi connectivity index (χ2v) is 5.80. The number of hydrogen-bond donors (Lipinski definition) is 2. The number of carbonyl (C=O) groups excluding carboxylic acids is 1. The fourth-order valence-electron chi connectivity index (χ4n) is 2.20. The molecule has 0 amide bonds. The second kappa shape index (κ2) is 10.7. The summed E-state index contributed by atoms with van der Waals surface area (Å²) >= 11 is 4.67. The molecule has 0 aliphatic carbocycles. The van der Waals surface area contributed by atoms with Crippen LogP contribution in [0.3, 0.4) is 0 Å². The Bertz CT molecular complexity index is 857. The van der Waals surface area contributed by atoms with Gasteiger partial charge in [-0.15, -0.1) is 0 Å². The normalized spacial score (nSPS) is 10.4. The lowest BCUT2D eigenvalue weighted by Gasteiger charge is -2.12. The van der Waals surface area contributed by atoms with E-state index in [0.29, 0.717) is 22.8 Å². The molecule has 0 bridgehead atoms. The fourth-order valence-corrected chi connectivity index (χ4v) is 2.25. The number of rotatable bonds is 9. The van der Waals surface area contributed by atoms with Gasteiger partial charge in [0.15, 0.2) is 16.6 Å². The number of nitrogens with one attached hydrogen (secondary N) is 1. The quantitative estimate of drug-likeness (QED) is 0.216. The number of carbonyl (C=O) groups is 1. The molecular formula is C19H21N3O5S. The van der Waals surface area contributed by atoms with Gasteiger partial charge in [0.25, 0.3) is 0 Å². The Balaban J connectivity index is 1.89. The van der Waals surface area contributed by atoms with E-state index in [9.17, 15) is 4.79 Å². The number of hydrazone groups is 1. The van der Waals surface area contributed by atoms with Gasteiger partial charge in [-0.3, -0.25) is 5.43 Å². The first-order valence-corrected chi connectivity index (χ1v) is 8.65. The van der Waals surface area contributed by atoms with Crippen molar-refractivity contribution >= 4 is 29.5 Å². The summed E-state index contributed by atoms with van der Waals surface area (Å²) in [6.07, 6.45) is 1.56. The van der Waals surface area contributed by atoms with Crippen LogP contribution in [0.4, 0.5) is 0 Å². The van der Waals surface area contributed by atoms with Crippen molar-refractivity contribution in [2.75, 3.05) is 27.4 Å². The molecule has 0 fully saturated rings. The predicted octanol–water partition coefficient (Wildman–Crippen LogP) is 2.11. The fraction of sp³-hybridized carbons (Fsp3) is 0.211. The molecule has 0 aliphatic rings. The second-order valence-electron chi connectivity index (χ2n) is 5.36. The van der Waals surface area contributed by atoms with Crippen LogP contribution in [0.25, 0.3) is 0 Å². The highest BCUT2D eigenvalue weighted by Gasteiger charge is 2.07. The summed E-state index contributed by atoms with van der Waals surface area (Å²) < 4.78 is 21.3. The molecule has 148 valence electrons. The monoisotopic (exact) mass is 403 g/mol. The van der Waals surface area contributed by atoms with E-state index in [1.807, 2.05) is 6.07 Å². The molecule has 0 unspecified atom stereocenters. The third kappa shape index (κ3) is 6.44. The van der Waals surface area contributed by atoms with Crippen molar-refractivity contribution in [1.82, 2.24) is 5.43 Å². The molecule has 8 nitrogen and oxygen atoms in total. The SMILES string of the molecule is COC(=O)c1cccc(OCCOc2ccc(C=NNC(N)=S)cc2OC)c1. The van der Waals surface area contributed by atoms with Crippen molar-refractivity contribution in [3.05, 3.63) is 53.6 Å². The largest absolute Gasteiger partial charge is 0.493 e. The smallest absolute Gasteiger partial charge is 0.337 e. The number of benzene rings is 2. The molecule has 0 aromatic heterocycles. The zero-order valence-corrected chi connectivity index (χ0v) is 16.3. The van der Waals surface area contributed by atoms with E-state index < -0.39 is 5.97 Å². The third-order valence-corrected chi connectivity index (χ3v) is 3.53. The van der Waals surface area contributed by atoms with E-state index in [-0.39, 0.29) is 18.3 Å². The number of nitrogens with zero attached hydrogens (tertiary/aromatic N) is 1. The number of ether oxygens (including phenoxy) is 4. The van der Waals surface area contributed by atoms with Gasteiger partial charge in [0.05, 0.1) is 26.0 Å². The van der Waals surface area contributed by atoms with E-state index in [1.165, 1.54) is 7.11 Å². The van der Waals surface area contributed by atoms with Gasteiger partial charge in [-0.05, 0) is 54.2 Å². The number of nitrogens with two attached hydrogens (primary N) is 1. The van der Waals surface area contributed by atoms with Crippen LogP contribution in [0.15, 0.2) is 47.6 Å². The van der Waals surface area contributed by atoms with Crippen molar-refractivity contribution in [2.45, 2.75) is 0 Å². The Hall–Kier alpha value is -3.33. The van der Waals surface area contributed by atoms with E-state index in [2.05, 4.69) is 27.5 Å². The minimum atomic E-state index is -0.418. The summed E-state index contributed by atoms with van der Waals surface area (Å²) in [6.45, 7) is 0.574. The van der Waals surface area contributed by atoms with Gasteiger partial charge in [0.2, 0.25) is 0 Å². The maximum absolute atomic E-state index is 11.5. The first-order valence-electron chi connectivity index (χ1n) is 8.24. The molecule has 0 radical (unpaired) electrons. The van der Waals surface area contributed by atoms with Gasteiger partial charge in [-0.2, -0.15) is 5.10 Å². The summed E-state index contributed by atoms with van der Waals surface area (Å²) in [7, 11) is 2.88. The number of hydrogen-bond acceptors (Lipinski definition) is 7. The van der Waals surface area contributed by atoms with E-state index in [4.69, 9.17) is 19.9 Å². The van der Waals surface area contributed by atoms with Crippen LogP contribution in [0.1, 0.15) is 15.9 Å². The Morgan fingerprint density at radius 2 is 1.93 bits per heavy atom. The van der Waals surface area contributed by atoms with Gasteiger partial charge in [0, 0.05) is 0 Å². The van der Waals surface area contributed by atoms with Gasteiger partial charge in [-0.1, -0.05) is 6.07 Å². The molecule has 2 aromatic carbocycles. The predicted molar refractivity (Wildman–Crippen MR) is 109 cm³/mol. The molecule has 0 atom stereocenters. The summed E-state index contributed by atoms with van der Waals surface area (Å²) in [5.41, 5.74) is 8.99. The lowest BCUT2D eigenvalue weighted by molar-refractivity contribution is 0.0600. The number of esters is 1. The van der Waals surface area contributed by atoms with Crippen LogP contribution < -0.4 is 25.4 Å². The molecule has 28 heavy (non-hydrogen) atoms. The molecular weight excluding hydrogens is 382 g/mol. The lowest BCUT2D eigenvalue weighted by atomic mass is 10.2. The Morgan fingerprint density at radius 1 is 1.14 bits per heavy atom. The Kier molecular flexibility index (Phi) is 8.04. The Labute approximate surface area is 168 Å². The molecule has 0 spiro atoms. The molecule has 0 saturated carbocycles. The van der Waals surface area contributed by atoms with Crippen molar-refractivity contribution in [1.29, 1.82) is 0 Å². The van der Waals surface area contributed by atoms with Crippen LogP contribution in [-0.4, -0.2) is 44.7 Å². The first kappa shape index (κ1) is 21.0. The lowest BCUT2D eigenvalue weighted by Crippen LogP contribution is -2.23. The molecule has 2 aromatic rings. The average molecular weight is 403 g/mol. The van der Waals surface area contributed by atoms with E-state index in [1.54, 1.807) is 49.7 Å². The molecule has 0 aliphatic heterocycles. The highest BCUT2D eigenvalue weighted by atomic mass is 32.1. The van der Waals surface area contributed by atoms with Crippen molar-refractivity contribution < 1.29 is 23.7 Å². The standard InChI is InChI=1S/C19H21N3O5S/c1-24-17-10-13(12-21-22-19(20)28)6-7-16(17)27-9-8-26-15-5-3-4-14(11-15)18(23)25-2/h3-7,10-12H,8-9H2,1-2H3,(H3,20,22,28). The topological polar surface area (TPSA) is 104 Å². The minimum absolute atomic E-state index is 0.0836. The van der Waals surface area contributed by atoms with Crippen molar-refractivity contribution in [3.63, 3.8) is 0 Å². The summed E-state index contributed by atoms with van der Waals surface area (Å²) in [6, 6.07) is 12.1. The summed E-state index contributed by atoms with van der Waals surface area (Å²) in [5, 5.41) is 3.97. The highest BCUT2D eigenvalue weighted by Crippen LogP contribution is 2.27. The first-order chi connectivity index (χ1) is 13.5. The van der Waals surface area contributed by atoms with Crippen molar-refractivity contribution in [2.24, 2.45) is 10.8 Å². The maximum Gasteiger partial charge on any atom is 0.337 e. The molecule has 3 N–H and O–H groups in total. The zero-order chi connectivity index (χ0) is 20.4. The number of methoxy groups -OCH3 is 2. The van der Waals surface area contributed by atoms with Crippen LogP contribution in [0.2, 0.25) is 0 Å². The summed E-state index contributed by atoms with van der Waals surface area (Å²) in [4.78, 5) is 11.5. The van der Waals surface area contributed by atoms with Gasteiger partial charge in [-0.25, -0.2) is 4.79 Å². The van der Waals surface area contributed by atoms with Gasteiger partial charge >= 0.3 is 5.97 Å². The van der Waals surface area contributed by atoms with Crippen molar-refractivity contribution in [3.8, 4) is 17.2 Å². The zero-order valence-electron chi connectivity index (χ0n) is 15.5. The van der Waals surface area contributed by atoms with Crippen LogP contribution in [0, 0.1) is 0 Å². The number of thiocarbonyl (C=S) groups is 1. The molecule has 9 heteroatoms.